The number of nitrogen functional groups attached to an aromatic ring is 1. The molecule has 1 fully saturated rings. The maximum Gasteiger partial charge on any atom is 0.511 e. The van der Waals surface area contributed by atoms with Crippen LogP contribution in [0, 0.1) is 5.92 Å². The zero-order valence-corrected chi connectivity index (χ0v) is 22.3. The van der Waals surface area contributed by atoms with Crippen LogP contribution in [0.15, 0.2) is 61.1 Å². The maximum absolute atomic E-state index is 13.9. The fraction of sp³-hybridized carbons (Fsp3) is 0.429. The number of benzene rings is 1. The Morgan fingerprint density at radius 3 is 2.51 bits per heavy atom. The first-order valence-electron chi connectivity index (χ1n) is 13.2. The van der Waals surface area contributed by atoms with E-state index in [0.717, 1.165) is 32.1 Å². The number of nitrogens with two attached hydrogens (primary N) is 1. The van der Waals surface area contributed by atoms with Crippen LogP contribution in [0.4, 0.5) is 24.5 Å². The molecule has 5 rings (SSSR count). The highest BCUT2D eigenvalue weighted by atomic mass is 32.2. The molecule has 2 N–H and O–H groups in total. The van der Waals surface area contributed by atoms with E-state index < -0.39 is 28.1 Å². The molecule has 7 nitrogen and oxygen atoms in total. The van der Waals surface area contributed by atoms with E-state index in [0.29, 0.717) is 50.4 Å². The number of rotatable bonds is 7. The third-order valence-corrected chi connectivity index (χ3v) is 9.35. The summed E-state index contributed by atoms with van der Waals surface area (Å²) < 4.78 is 68.1. The van der Waals surface area contributed by atoms with E-state index >= 15 is 0 Å². The number of hydrogen-bond donors (Lipinski definition) is 1. The van der Waals surface area contributed by atoms with Crippen molar-refractivity contribution in [2.45, 2.75) is 63.2 Å². The highest BCUT2D eigenvalue weighted by molar-refractivity contribution is 7.89. The van der Waals surface area contributed by atoms with Gasteiger partial charge in [0.15, 0.2) is 0 Å². The second kappa shape index (κ2) is 11.1. The predicted octanol–water partition coefficient (Wildman–Crippen LogP) is 5.74. The van der Waals surface area contributed by atoms with Crippen LogP contribution in [0.5, 0.6) is 0 Å². The summed E-state index contributed by atoms with van der Waals surface area (Å²) in [7, 11) is -5.58. The normalized spacial score (nSPS) is 19.2. The van der Waals surface area contributed by atoms with E-state index in [4.69, 9.17) is 5.73 Å². The van der Waals surface area contributed by atoms with Gasteiger partial charge in [0.1, 0.15) is 0 Å². The van der Waals surface area contributed by atoms with Gasteiger partial charge in [0.25, 0.3) is 0 Å². The molecule has 3 heterocycles. The smallest absolute Gasteiger partial charge is 0.399 e. The lowest BCUT2D eigenvalue weighted by molar-refractivity contribution is -0.0492. The van der Waals surface area contributed by atoms with Gasteiger partial charge in [-0.3, -0.25) is 9.97 Å². The molecular weight excluding hydrogens is 527 g/mol. The number of nitrogens with zero attached hydrogens (tertiary/aromatic N) is 4. The molecule has 1 aliphatic carbocycles. The predicted molar refractivity (Wildman–Crippen MR) is 145 cm³/mol. The van der Waals surface area contributed by atoms with Gasteiger partial charge >= 0.3 is 15.5 Å². The van der Waals surface area contributed by atoms with Gasteiger partial charge in [0.05, 0.1) is 12.2 Å². The van der Waals surface area contributed by atoms with Crippen molar-refractivity contribution >= 4 is 21.4 Å². The molecule has 1 saturated carbocycles. The zero-order chi connectivity index (χ0) is 27.6. The fourth-order valence-electron chi connectivity index (χ4n) is 5.85. The second-order valence-electron chi connectivity index (χ2n) is 10.4. The Morgan fingerprint density at radius 2 is 1.82 bits per heavy atom. The van der Waals surface area contributed by atoms with Crippen molar-refractivity contribution < 1.29 is 21.6 Å². The van der Waals surface area contributed by atoms with Crippen molar-refractivity contribution in [2.75, 3.05) is 17.2 Å². The van der Waals surface area contributed by atoms with Crippen LogP contribution < -0.4 is 10.6 Å². The maximum atomic E-state index is 13.9. The average Bonchev–Trinajstić information content (AvgIpc) is 3.37. The van der Waals surface area contributed by atoms with Crippen molar-refractivity contribution in [1.82, 2.24) is 14.3 Å². The summed E-state index contributed by atoms with van der Waals surface area (Å²) in [5.74, 6) is 0.495. The van der Waals surface area contributed by atoms with Crippen LogP contribution in [0.2, 0.25) is 0 Å². The van der Waals surface area contributed by atoms with Gasteiger partial charge in [-0.25, -0.2) is 8.42 Å². The highest BCUT2D eigenvalue weighted by Crippen LogP contribution is 2.40. The molecule has 11 heteroatoms. The lowest BCUT2D eigenvalue weighted by Crippen LogP contribution is -2.47. The van der Waals surface area contributed by atoms with E-state index in [1.54, 1.807) is 42.9 Å². The number of anilines is 2. The van der Waals surface area contributed by atoms with Crippen LogP contribution in [-0.2, 0) is 23.1 Å². The minimum atomic E-state index is -5.58. The van der Waals surface area contributed by atoms with Crippen molar-refractivity contribution in [3.8, 4) is 11.1 Å². The Labute approximate surface area is 226 Å². The summed E-state index contributed by atoms with van der Waals surface area (Å²) >= 11 is 0. The van der Waals surface area contributed by atoms with E-state index in [-0.39, 0.29) is 13.1 Å². The number of aromatic nitrogens is 2. The molecule has 0 amide bonds. The quantitative estimate of drug-likeness (QED) is 0.397. The molecule has 0 spiro atoms. The number of sulfonamides is 1. The third-order valence-electron chi connectivity index (χ3n) is 7.81. The van der Waals surface area contributed by atoms with Crippen LogP contribution in [0.3, 0.4) is 0 Å². The monoisotopic (exact) mass is 559 g/mol. The Hall–Kier alpha value is -3.18. The van der Waals surface area contributed by atoms with Crippen LogP contribution in [0.25, 0.3) is 11.1 Å². The number of alkyl halides is 3. The third kappa shape index (κ3) is 5.89. The summed E-state index contributed by atoms with van der Waals surface area (Å²) in [5.41, 5.74) is 4.34. The standard InChI is InChI=1S/C28H32F3N5O2S/c29-28(30,31)39(37,38)35-18-24(11-10-20-5-1-2-6-20)36(17-23-15-22(32)12-14-34-23)27-9-3-8-25(26(27)19-35)21-7-4-13-33-16-21/h3-4,7-9,12-16,20,24H,1-2,5-6,10-11,17-19H2,(H2,32,34)/t24-/m1/s1. The van der Waals surface area contributed by atoms with Gasteiger partial charge in [-0.15, -0.1) is 0 Å². The molecule has 1 aliphatic heterocycles. The zero-order valence-electron chi connectivity index (χ0n) is 21.5. The lowest BCUT2D eigenvalue weighted by Gasteiger charge is -2.35. The number of fused-ring (bicyclic) bond motifs is 1. The molecule has 1 atom stereocenters. The minimum absolute atomic E-state index is 0.280. The van der Waals surface area contributed by atoms with E-state index in [9.17, 15) is 21.6 Å². The Balaban J connectivity index is 1.64. The van der Waals surface area contributed by atoms with Crippen molar-refractivity contribution in [3.63, 3.8) is 0 Å². The van der Waals surface area contributed by atoms with E-state index in [2.05, 4.69) is 9.97 Å². The van der Waals surface area contributed by atoms with Crippen molar-refractivity contribution in [3.05, 3.63) is 72.3 Å². The van der Waals surface area contributed by atoms with Crippen molar-refractivity contribution in [2.24, 2.45) is 5.92 Å². The number of halogens is 3. The van der Waals surface area contributed by atoms with Gasteiger partial charge in [-0.05, 0) is 54.2 Å². The van der Waals surface area contributed by atoms with Gasteiger partial charge in [0.2, 0.25) is 0 Å². The molecule has 2 aromatic heterocycles. The molecule has 1 aromatic carbocycles. The summed E-state index contributed by atoms with van der Waals surface area (Å²) in [6, 6.07) is 12.0. The Kier molecular flexibility index (Phi) is 7.82. The van der Waals surface area contributed by atoms with Crippen LogP contribution in [0.1, 0.15) is 49.8 Å². The molecule has 0 saturated heterocycles. The SMILES string of the molecule is Nc1ccnc(CN2c3cccc(-c4cccnc4)c3CN(S(=O)(=O)C(F)(F)F)C[C@H]2CCC2CCCC2)c1. The van der Waals surface area contributed by atoms with E-state index in [1.165, 1.54) is 0 Å². The highest BCUT2D eigenvalue weighted by Gasteiger charge is 2.51. The summed E-state index contributed by atoms with van der Waals surface area (Å²) in [6.07, 6.45) is 10.7. The molecule has 2 aliphatic rings. The molecular formula is C28H32F3N5O2S. The number of pyridine rings is 2. The molecule has 0 radical (unpaired) electrons. The van der Waals surface area contributed by atoms with Crippen LogP contribution >= 0.6 is 0 Å². The Bertz CT molecular complexity index is 1400. The second-order valence-corrected chi connectivity index (χ2v) is 12.3. The first-order chi connectivity index (χ1) is 18.6. The first kappa shape index (κ1) is 27.4. The van der Waals surface area contributed by atoms with Gasteiger partial charge < -0.3 is 10.6 Å². The summed E-state index contributed by atoms with van der Waals surface area (Å²) in [4.78, 5) is 10.7. The number of hydrogen-bond acceptors (Lipinski definition) is 6. The summed E-state index contributed by atoms with van der Waals surface area (Å²) in [6.45, 7) is -0.398. The van der Waals surface area contributed by atoms with E-state index in [1.807, 2.05) is 23.1 Å². The molecule has 0 unspecified atom stereocenters. The average molecular weight is 560 g/mol. The fourth-order valence-corrected chi connectivity index (χ4v) is 6.81. The van der Waals surface area contributed by atoms with Gasteiger partial charge in [-0.2, -0.15) is 17.5 Å². The molecule has 208 valence electrons. The molecule has 0 bridgehead atoms. The minimum Gasteiger partial charge on any atom is -0.399 e. The van der Waals surface area contributed by atoms with Gasteiger partial charge in [0, 0.05) is 54.7 Å². The molecule has 39 heavy (non-hydrogen) atoms. The molecule has 3 aromatic rings. The lowest BCUT2D eigenvalue weighted by atomic mass is 9.96. The van der Waals surface area contributed by atoms with Crippen LogP contribution in [-0.4, -0.2) is 40.8 Å². The van der Waals surface area contributed by atoms with Crippen molar-refractivity contribution in [1.29, 1.82) is 0 Å². The Morgan fingerprint density at radius 1 is 1.03 bits per heavy atom. The van der Waals surface area contributed by atoms with Gasteiger partial charge in [-0.1, -0.05) is 43.9 Å². The first-order valence-corrected chi connectivity index (χ1v) is 14.6. The summed E-state index contributed by atoms with van der Waals surface area (Å²) in [5, 5.41) is 0. The topological polar surface area (TPSA) is 92.4 Å². The largest absolute Gasteiger partial charge is 0.511 e.